The normalized spacial score (nSPS) is 15.8. The average Bonchev–Trinajstić information content (AvgIpc) is 2.77. The summed E-state index contributed by atoms with van der Waals surface area (Å²) in [6.07, 6.45) is 0.0484. The van der Waals surface area contributed by atoms with E-state index in [1.807, 2.05) is 19.9 Å². The molecule has 9 nitrogen and oxygen atoms in total. The van der Waals surface area contributed by atoms with Gasteiger partial charge in [0.2, 0.25) is 0 Å². The fourth-order valence-electron chi connectivity index (χ4n) is 3.92. The topological polar surface area (TPSA) is 94.6 Å². The van der Waals surface area contributed by atoms with E-state index in [0.717, 1.165) is 15.6 Å². The number of benzene rings is 1. The average molecular weight is 628 g/mol. The van der Waals surface area contributed by atoms with Crippen molar-refractivity contribution in [3.8, 4) is 5.75 Å². The summed E-state index contributed by atoms with van der Waals surface area (Å²) < 4.78 is 36.1. The second kappa shape index (κ2) is 12.7. The van der Waals surface area contributed by atoms with Gasteiger partial charge in [-0.25, -0.2) is 9.59 Å². The Kier molecular flexibility index (Phi) is 10.9. The number of halogens is 2. The lowest BCUT2D eigenvalue weighted by atomic mass is 9.93. The number of hydrogen-bond acceptors (Lipinski definition) is 7. The third kappa shape index (κ3) is 6.75. The number of hydrogen-bond donors (Lipinski definition) is 0. The van der Waals surface area contributed by atoms with Gasteiger partial charge in [-0.2, -0.15) is 0 Å². The number of methoxy groups -OCH3 is 2. The summed E-state index contributed by atoms with van der Waals surface area (Å²) in [5.74, 6) is 0.153. The first-order chi connectivity index (χ1) is 16.0. The summed E-state index contributed by atoms with van der Waals surface area (Å²) in [4.78, 5) is 29.5. The SMILES string of the molecule is CCOP(=O)(CN(CC(C)C)C(=O)N1Cc2c(cc(Br)c(OC)c2Br)CC1C(=O)OC)OCC. The molecule has 12 heteroatoms. The van der Waals surface area contributed by atoms with Crippen LogP contribution < -0.4 is 4.74 Å². The van der Waals surface area contributed by atoms with Crippen molar-refractivity contribution >= 4 is 51.5 Å². The summed E-state index contributed by atoms with van der Waals surface area (Å²) in [7, 11) is -0.700. The summed E-state index contributed by atoms with van der Waals surface area (Å²) >= 11 is 7.09. The van der Waals surface area contributed by atoms with Crippen molar-refractivity contribution in [2.24, 2.45) is 5.92 Å². The Hall–Kier alpha value is -1.13. The van der Waals surface area contributed by atoms with Crippen molar-refractivity contribution in [1.29, 1.82) is 0 Å². The zero-order valence-electron chi connectivity index (χ0n) is 20.4. The van der Waals surface area contributed by atoms with E-state index in [1.54, 1.807) is 21.0 Å². The van der Waals surface area contributed by atoms with Gasteiger partial charge in [-0.15, -0.1) is 0 Å². The molecule has 2 amide bonds. The van der Waals surface area contributed by atoms with Crippen LogP contribution in [-0.2, 0) is 36.1 Å². The molecule has 1 unspecified atom stereocenters. The van der Waals surface area contributed by atoms with Crippen molar-refractivity contribution in [2.75, 3.05) is 40.3 Å². The first-order valence-corrected chi connectivity index (χ1v) is 14.4. The van der Waals surface area contributed by atoms with E-state index >= 15 is 0 Å². The maximum Gasteiger partial charge on any atom is 0.349 e. The molecule has 0 spiro atoms. The molecule has 0 radical (unpaired) electrons. The molecule has 0 N–H and O–H groups in total. The van der Waals surface area contributed by atoms with Crippen LogP contribution in [0, 0.1) is 5.92 Å². The van der Waals surface area contributed by atoms with E-state index in [9.17, 15) is 14.2 Å². The minimum absolute atomic E-state index is 0.0806. The van der Waals surface area contributed by atoms with Gasteiger partial charge in [0.25, 0.3) is 0 Å². The first kappa shape index (κ1) is 29.1. The van der Waals surface area contributed by atoms with Gasteiger partial charge in [0, 0.05) is 19.5 Å². The van der Waals surface area contributed by atoms with Crippen LogP contribution in [-0.4, -0.2) is 68.1 Å². The lowest BCUT2D eigenvalue weighted by Gasteiger charge is -2.40. The van der Waals surface area contributed by atoms with E-state index in [0.29, 0.717) is 16.8 Å². The van der Waals surface area contributed by atoms with Gasteiger partial charge in [-0.1, -0.05) is 13.8 Å². The van der Waals surface area contributed by atoms with Crippen molar-refractivity contribution in [3.63, 3.8) is 0 Å². The van der Waals surface area contributed by atoms with Gasteiger partial charge < -0.3 is 28.3 Å². The van der Waals surface area contributed by atoms with Crippen LogP contribution >= 0.6 is 39.5 Å². The van der Waals surface area contributed by atoms with Crippen molar-refractivity contribution in [3.05, 3.63) is 26.1 Å². The van der Waals surface area contributed by atoms with E-state index in [-0.39, 0.29) is 38.4 Å². The Labute approximate surface area is 218 Å². The minimum Gasteiger partial charge on any atom is -0.494 e. The number of fused-ring (bicyclic) bond motifs is 1. The Morgan fingerprint density at radius 1 is 1.21 bits per heavy atom. The number of esters is 1. The highest BCUT2D eigenvalue weighted by atomic mass is 79.9. The lowest BCUT2D eigenvalue weighted by Crippen LogP contribution is -2.54. The fraction of sp³-hybridized carbons (Fsp3) is 0.636. The van der Waals surface area contributed by atoms with Crippen LogP contribution in [0.15, 0.2) is 15.0 Å². The molecule has 0 bridgehead atoms. The highest BCUT2D eigenvalue weighted by Crippen LogP contribution is 2.49. The Morgan fingerprint density at radius 2 is 1.82 bits per heavy atom. The molecule has 1 aromatic carbocycles. The maximum atomic E-state index is 13.8. The number of carbonyl (C=O) groups is 2. The van der Waals surface area contributed by atoms with Gasteiger partial charge in [0.15, 0.2) is 0 Å². The lowest BCUT2D eigenvalue weighted by molar-refractivity contribution is -0.146. The second-order valence-corrected chi connectivity index (χ2v) is 11.9. The molecule has 1 heterocycles. The number of carbonyl (C=O) groups excluding carboxylic acids is 2. The highest BCUT2D eigenvalue weighted by Gasteiger charge is 2.41. The number of urea groups is 1. The maximum absolute atomic E-state index is 13.8. The quantitative estimate of drug-likeness (QED) is 0.252. The first-order valence-electron chi connectivity index (χ1n) is 11.1. The molecule has 2 rings (SSSR count). The third-order valence-corrected chi connectivity index (χ3v) is 8.68. The number of ether oxygens (including phenoxy) is 2. The third-order valence-electron chi connectivity index (χ3n) is 5.26. The second-order valence-electron chi connectivity index (χ2n) is 8.20. The Morgan fingerprint density at radius 3 is 2.32 bits per heavy atom. The van der Waals surface area contributed by atoms with E-state index < -0.39 is 25.6 Å². The van der Waals surface area contributed by atoms with Gasteiger partial charge in [-0.05, 0) is 68.8 Å². The summed E-state index contributed by atoms with van der Waals surface area (Å²) in [5, 5.41) is 0. The van der Waals surface area contributed by atoms with Crippen LogP contribution in [0.4, 0.5) is 4.79 Å². The number of nitrogens with zero attached hydrogens (tertiary/aromatic N) is 2. The Balaban J connectivity index is 2.51. The zero-order chi connectivity index (χ0) is 25.6. The largest absolute Gasteiger partial charge is 0.494 e. The van der Waals surface area contributed by atoms with E-state index in [2.05, 4.69) is 31.9 Å². The molecule has 192 valence electrons. The molecule has 1 aliphatic rings. The van der Waals surface area contributed by atoms with Gasteiger partial charge >= 0.3 is 19.6 Å². The predicted octanol–water partition coefficient (Wildman–Crippen LogP) is 5.42. The molecule has 34 heavy (non-hydrogen) atoms. The molecule has 0 saturated heterocycles. The molecular formula is C22H33Br2N2O7P. The van der Waals surface area contributed by atoms with Crippen molar-refractivity contribution in [2.45, 2.75) is 46.7 Å². The van der Waals surface area contributed by atoms with E-state index in [4.69, 9.17) is 18.5 Å². The fourth-order valence-corrected chi connectivity index (χ4v) is 7.25. The van der Waals surface area contributed by atoms with Crippen LogP contribution in [0.3, 0.4) is 0 Å². The smallest absolute Gasteiger partial charge is 0.349 e. The van der Waals surface area contributed by atoms with Gasteiger partial charge in [-0.3, -0.25) is 4.57 Å². The summed E-state index contributed by atoms with van der Waals surface area (Å²) in [6.45, 7) is 8.17. The molecule has 1 atom stereocenters. The van der Waals surface area contributed by atoms with Crippen LogP contribution in [0.2, 0.25) is 0 Å². The number of rotatable bonds is 10. The highest BCUT2D eigenvalue weighted by molar-refractivity contribution is 9.11. The van der Waals surface area contributed by atoms with Crippen molar-refractivity contribution in [1.82, 2.24) is 9.80 Å². The molecule has 0 aromatic heterocycles. The molecule has 0 aliphatic carbocycles. The molecule has 1 aliphatic heterocycles. The molecular weight excluding hydrogens is 595 g/mol. The van der Waals surface area contributed by atoms with Gasteiger partial charge in [0.05, 0.1) is 36.4 Å². The number of amides is 2. The van der Waals surface area contributed by atoms with Crippen LogP contribution in [0.5, 0.6) is 5.75 Å². The summed E-state index contributed by atoms with van der Waals surface area (Å²) in [5.41, 5.74) is 1.72. The van der Waals surface area contributed by atoms with Crippen LogP contribution in [0.1, 0.15) is 38.8 Å². The zero-order valence-corrected chi connectivity index (χ0v) is 24.5. The molecule has 0 fully saturated rings. The van der Waals surface area contributed by atoms with Gasteiger partial charge in [0.1, 0.15) is 18.1 Å². The van der Waals surface area contributed by atoms with E-state index in [1.165, 1.54) is 16.9 Å². The molecule has 0 saturated carbocycles. The monoisotopic (exact) mass is 626 g/mol. The van der Waals surface area contributed by atoms with Crippen molar-refractivity contribution < 1.29 is 32.7 Å². The Bertz CT molecular complexity index is 934. The van der Waals surface area contributed by atoms with Crippen LogP contribution in [0.25, 0.3) is 0 Å². The molecule has 1 aromatic rings. The standard InChI is InChI=1S/C22H33Br2N2O7P/c1-7-32-34(29,33-8-2)13-25(11-14(3)4)22(28)26-12-16-15(10-18(26)21(27)31-6)9-17(23)20(30-5)19(16)24/h9,14,18H,7-8,10-13H2,1-6H3. The minimum atomic E-state index is -3.56. The predicted molar refractivity (Wildman–Crippen MR) is 136 cm³/mol. The summed E-state index contributed by atoms with van der Waals surface area (Å²) in [6, 6.07) is 0.606.